The summed E-state index contributed by atoms with van der Waals surface area (Å²) in [7, 11) is 0. The van der Waals surface area contributed by atoms with Crippen LogP contribution in [0.1, 0.15) is 50.7 Å². The topological polar surface area (TPSA) is 71.1 Å². The Bertz CT molecular complexity index is 538. The van der Waals surface area contributed by atoms with E-state index < -0.39 is 6.04 Å². The Morgan fingerprint density at radius 2 is 1.95 bits per heavy atom. The van der Waals surface area contributed by atoms with Gasteiger partial charge in [0.2, 0.25) is 5.91 Å². The Hall–Kier alpha value is -1.62. The molecule has 0 aromatic carbocycles. The molecule has 0 saturated carbocycles. The first-order valence-electron chi connectivity index (χ1n) is 6.91. The summed E-state index contributed by atoms with van der Waals surface area (Å²) in [5.74, 6) is -0.572. The third-order valence-corrected chi connectivity index (χ3v) is 2.90. The van der Waals surface area contributed by atoms with Crippen molar-refractivity contribution in [3.05, 3.63) is 28.5 Å². The van der Waals surface area contributed by atoms with Gasteiger partial charge in [0.25, 0.3) is 5.91 Å². The van der Waals surface area contributed by atoms with Crippen LogP contribution in [0.15, 0.2) is 12.1 Å². The molecular formula is C15H22ClN3O2. The molecule has 0 fully saturated rings. The number of hydrogen-bond donors (Lipinski definition) is 2. The molecule has 1 aromatic heterocycles. The van der Waals surface area contributed by atoms with Crippen molar-refractivity contribution in [3.8, 4) is 0 Å². The van der Waals surface area contributed by atoms with E-state index in [0.29, 0.717) is 12.0 Å². The van der Waals surface area contributed by atoms with Crippen molar-refractivity contribution < 1.29 is 9.59 Å². The third-order valence-electron chi connectivity index (χ3n) is 2.71. The normalized spacial score (nSPS) is 12.7. The summed E-state index contributed by atoms with van der Waals surface area (Å²) in [6, 6.07) is 2.54. The summed E-state index contributed by atoms with van der Waals surface area (Å²) in [6.45, 7) is 9.23. The van der Waals surface area contributed by atoms with E-state index in [2.05, 4.69) is 15.6 Å². The molecule has 21 heavy (non-hydrogen) atoms. The second-order valence-electron chi connectivity index (χ2n) is 5.96. The van der Waals surface area contributed by atoms with Crippen LogP contribution in [0.3, 0.4) is 0 Å². The van der Waals surface area contributed by atoms with Gasteiger partial charge in [-0.1, -0.05) is 18.5 Å². The minimum absolute atomic E-state index is 0.230. The minimum atomic E-state index is -0.631. The first kappa shape index (κ1) is 17.4. The van der Waals surface area contributed by atoms with E-state index in [4.69, 9.17) is 11.6 Å². The Labute approximate surface area is 130 Å². The maximum atomic E-state index is 12.2. The molecule has 116 valence electrons. The fourth-order valence-corrected chi connectivity index (χ4v) is 1.91. The molecule has 2 amide bonds. The second-order valence-corrected chi connectivity index (χ2v) is 6.35. The van der Waals surface area contributed by atoms with Crippen molar-refractivity contribution in [2.45, 2.75) is 52.6 Å². The monoisotopic (exact) mass is 311 g/mol. The highest BCUT2D eigenvalue weighted by Gasteiger charge is 2.21. The summed E-state index contributed by atoms with van der Waals surface area (Å²) in [5, 5.41) is 5.75. The van der Waals surface area contributed by atoms with Crippen molar-refractivity contribution in [1.82, 2.24) is 15.6 Å². The number of carbonyl (C=O) groups excluding carboxylic acids is 2. The Balaban J connectivity index is 2.77. The molecule has 1 atom stereocenters. The van der Waals surface area contributed by atoms with Crippen LogP contribution in [0.25, 0.3) is 0 Å². The first-order valence-corrected chi connectivity index (χ1v) is 7.29. The highest BCUT2D eigenvalue weighted by molar-refractivity contribution is 6.29. The highest BCUT2D eigenvalue weighted by atomic mass is 35.5. The van der Waals surface area contributed by atoms with Crippen molar-refractivity contribution in [3.63, 3.8) is 0 Å². The summed E-state index contributed by atoms with van der Waals surface area (Å²) in [6.07, 6.45) is 0.681. The van der Waals surface area contributed by atoms with E-state index in [9.17, 15) is 9.59 Å². The summed E-state index contributed by atoms with van der Waals surface area (Å²) in [5.41, 5.74) is 0.799. The largest absolute Gasteiger partial charge is 0.350 e. The van der Waals surface area contributed by atoms with Gasteiger partial charge < -0.3 is 10.6 Å². The van der Waals surface area contributed by atoms with Crippen LogP contribution < -0.4 is 10.6 Å². The maximum absolute atomic E-state index is 12.2. The average molecular weight is 312 g/mol. The van der Waals surface area contributed by atoms with Crippen LogP contribution >= 0.6 is 11.6 Å². The van der Waals surface area contributed by atoms with Crippen molar-refractivity contribution in [1.29, 1.82) is 0 Å². The van der Waals surface area contributed by atoms with Crippen molar-refractivity contribution in [2.75, 3.05) is 0 Å². The fraction of sp³-hybridized carbons (Fsp3) is 0.533. The molecule has 0 bridgehead atoms. The van der Waals surface area contributed by atoms with E-state index in [1.165, 1.54) is 6.07 Å². The third kappa shape index (κ3) is 5.71. The van der Waals surface area contributed by atoms with Crippen LogP contribution in [0.2, 0.25) is 5.15 Å². The summed E-state index contributed by atoms with van der Waals surface area (Å²) in [4.78, 5) is 28.2. The van der Waals surface area contributed by atoms with E-state index in [-0.39, 0.29) is 22.5 Å². The number of aromatic nitrogens is 1. The van der Waals surface area contributed by atoms with Crippen LogP contribution in [0.5, 0.6) is 0 Å². The zero-order valence-electron chi connectivity index (χ0n) is 13.1. The molecule has 0 spiro atoms. The molecule has 0 aliphatic carbocycles. The number of nitrogens with one attached hydrogen (secondary N) is 2. The SMILES string of the molecule is CCc1cc(C(=O)NC(C)C(=O)NC(C)(C)C)cc(Cl)n1. The van der Waals surface area contributed by atoms with Gasteiger partial charge in [0, 0.05) is 16.8 Å². The molecule has 0 aliphatic heterocycles. The number of rotatable bonds is 4. The highest BCUT2D eigenvalue weighted by Crippen LogP contribution is 2.11. The predicted octanol–water partition coefficient (Wildman–Crippen LogP) is 2.33. The number of halogens is 1. The van der Waals surface area contributed by atoms with Crippen molar-refractivity contribution >= 4 is 23.4 Å². The molecule has 1 rings (SSSR count). The molecule has 6 heteroatoms. The first-order chi connectivity index (χ1) is 9.62. The predicted molar refractivity (Wildman–Crippen MR) is 83.4 cm³/mol. The summed E-state index contributed by atoms with van der Waals surface area (Å²) < 4.78 is 0. The number of aryl methyl sites for hydroxylation is 1. The van der Waals surface area contributed by atoms with Gasteiger partial charge in [-0.15, -0.1) is 0 Å². The molecule has 0 radical (unpaired) electrons. The number of carbonyl (C=O) groups is 2. The van der Waals surface area contributed by atoms with E-state index >= 15 is 0 Å². The number of nitrogens with zero attached hydrogens (tertiary/aromatic N) is 1. The average Bonchev–Trinajstić information content (AvgIpc) is 2.35. The smallest absolute Gasteiger partial charge is 0.252 e. The van der Waals surface area contributed by atoms with Gasteiger partial charge in [0.1, 0.15) is 11.2 Å². The molecular weight excluding hydrogens is 290 g/mol. The zero-order chi connectivity index (χ0) is 16.2. The second kappa shape index (κ2) is 6.89. The Kier molecular flexibility index (Phi) is 5.72. The zero-order valence-corrected chi connectivity index (χ0v) is 13.8. The van der Waals surface area contributed by atoms with E-state index in [1.807, 2.05) is 27.7 Å². The fourth-order valence-electron chi connectivity index (χ4n) is 1.69. The number of pyridine rings is 1. The molecule has 0 saturated heterocycles. The maximum Gasteiger partial charge on any atom is 0.252 e. The van der Waals surface area contributed by atoms with Gasteiger partial charge in [-0.3, -0.25) is 9.59 Å². The van der Waals surface area contributed by atoms with Crippen LogP contribution in [-0.2, 0) is 11.2 Å². The van der Waals surface area contributed by atoms with Gasteiger partial charge in [-0.05, 0) is 46.2 Å². The van der Waals surface area contributed by atoms with Gasteiger partial charge in [-0.2, -0.15) is 0 Å². The minimum Gasteiger partial charge on any atom is -0.350 e. The van der Waals surface area contributed by atoms with Gasteiger partial charge in [0.15, 0.2) is 0 Å². The Morgan fingerprint density at radius 1 is 1.33 bits per heavy atom. The molecule has 2 N–H and O–H groups in total. The van der Waals surface area contributed by atoms with Crippen molar-refractivity contribution in [2.24, 2.45) is 0 Å². The lowest BCUT2D eigenvalue weighted by molar-refractivity contribution is -0.124. The number of amides is 2. The van der Waals surface area contributed by atoms with E-state index in [0.717, 1.165) is 5.69 Å². The van der Waals surface area contributed by atoms with Crippen LogP contribution in [0.4, 0.5) is 0 Å². The number of hydrogen-bond acceptors (Lipinski definition) is 3. The molecule has 1 heterocycles. The molecule has 1 unspecified atom stereocenters. The lowest BCUT2D eigenvalue weighted by atomic mass is 10.1. The molecule has 1 aromatic rings. The lowest BCUT2D eigenvalue weighted by Gasteiger charge is -2.23. The van der Waals surface area contributed by atoms with E-state index in [1.54, 1.807) is 13.0 Å². The molecule has 0 aliphatic rings. The molecule has 5 nitrogen and oxygen atoms in total. The van der Waals surface area contributed by atoms with Gasteiger partial charge in [-0.25, -0.2) is 4.98 Å². The summed E-state index contributed by atoms with van der Waals surface area (Å²) >= 11 is 5.89. The lowest BCUT2D eigenvalue weighted by Crippen LogP contribution is -2.50. The Morgan fingerprint density at radius 3 is 2.48 bits per heavy atom. The van der Waals surface area contributed by atoms with Crippen LogP contribution in [-0.4, -0.2) is 28.4 Å². The van der Waals surface area contributed by atoms with Gasteiger partial charge >= 0.3 is 0 Å². The standard InChI is InChI=1S/C15H22ClN3O2/c1-6-11-7-10(8-12(16)18-11)14(21)17-9(2)13(20)19-15(3,4)5/h7-9H,6H2,1-5H3,(H,17,21)(H,19,20). The quantitative estimate of drug-likeness (QED) is 0.838. The van der Waals surface area contributed by atoms with Gasteiger partial charge in [0.05, 0.1) is 0 Å². The van der Waals surface area contributed by atoms with Crippen LogP contribution in [0, 0.1) is 0 Å².